The molecule has 3 unspecified atom stereocenters. The highest BCUT2D eigenvalue weighted by Crippen LogP contribution is 2.37. The maximum atomic E-state index is 13.5. The number of hydrogen-bond acceptors (Lipinski definition) is 3. The zero-order valence-corrected chi connectivity index (χ0v) is 24.9. The minimum absolute atomic E-state index is 0.0347. The molecule has 0 N–H and O–H groups in total. The van der Waals surface area contributed by atoms with Crippen molar-refractivity contribution >= 4 is 17.3 Å². The number of ketones is 3. The van der Waals surface area contributed by atoms with Crippen molar-refractivity contribution in [2.24, 2.45) is 17.8 Å². The molecule has 3 heteroatoms. The van der Waals surface area contributed by atoms with Crippen LogP contribution in [0.1, 0.15) is 112 Å². The first-order chi connectivity index (χ1) is 18.8. The van der Waals surface area contributed by atoms with Gasteiger partial charge in [0.2, 0.25) is 0 Å². The smallest absolute Gasteiger partial charge is 0.163 e. The second-order valence-electron chi connectivity index (χ2n) is 11.7. The highest BCUT2D eigenvalue weighted by Gasteiger charge is 2.33. The maximum Gasteiger partial charge on any atom is 0.163 e. The fourth-order valence-corrected chi connectivity index (χ4v) is 6.66. The lowest BCUT2D eigenvalue weighted by molar-refractivity contribution is -0.129. The number of rotatable bonds is 15. The zero-order valence-electron chi connectivity index (χ0n) is 24.9. The van der Waals surface area contributed by atoms with Gasteiger partial charge in [0.1, 0.15) is 11.6 Å². The van der Waals surface area contributed by atoms with Crippen LogP contribution in [0.5, 0.6) is 0 Å². The van der Waals surface area contributed by atoms with Crippen molar-refractivity contribution in [3.8, 4) is 0 Å². The minimum atomic E-state index is -0.0888. The van der Waals surface area contributed by atoms with E-state index in [2.05, 4.69) is 76.2 Å². The standard InChI is InChI=1S/C36H48O3/c1-6-12-28(17-16-27-14-10-9-11-15-27)21-30-18-19-32-23-29(24-35(39)36(32)26(30)5)22-31(13-7-2)33(8-3)34(38)20-25(4)37/h9-11,14-15,17-19,29,31,33H,6-8,12-13,16,20-24H2,1-5H3. The molecule has 3 rings (SSSR count). The van der Waals surface area contributed by atoms with Crippen molar-refractivity contribution in [2.45, 2.75) is 105 Å². The Morgan fingerprint density at radius 1 is 1.00 bits per heavy atom. The molecule has 3 atom stereocenters. The van der Waals surface area contributed by atoms with Crippen molar-refractivity contribution in [3.63, 3.8) is 0 Å². The summed E-state index contributed by atoms with van der Waals surface area (Å²) in [6, 6.07) is 15.0. The van der Waals surface area contributed by atoms with Crippen molar-refractivity contribution in [2.75, 3.05) is 0 Å². The van der Waals surface area contributed by atoms with Gasteiger partial charge in [-0.2, -0.15) is 0 Å². The molecule has 2 aromatic carbocycles. The summed E-state index contributed by atoms with van der Waals surface area (Å²) >= 11 is 0. The molecular formula is C36H48O3. The number of hydrogen-bond donors (Lipinski definition) is 0. The Bertz CT molecular complexity index is 1160. The third-order valence-electron chi connectivity index (χ3n) is 8.52. The number of carbonyl (C=O) groups excluding carboxylic acids is 3. The molecule has 0 bridgehead atoms. The molecule has 2 aromatic rings. The lowest BCUT2D eigenvalue weighted by Gasteiger charge is -2.32. The van der Waals surface area contributed by atoms with Gasteiger partial charge in [-0.25, -0.2) is 0 Å². The van der Waals surface area contributed by atoms with E-state index >= 15 is 0 Å². The Labute approximate surface area is 236 Å². The first-order valence-electron chi connectivity index (χ1n) is 15.2. The molecule has 0 heterocycles. The summed E-state index contributed by atoms with van der Waals surface area (Å²) < 4.78 is 0. The van der Waals surface area contributed by atoms with Crippen LogP contribution in [0, 0.1) is 24.7 Å². The van der Waals surface area contributed by atoms with Gasteiger partial charge in [0.25, 0.3) is 0 Å². The van der Waals surface area contributed by atoms with E-state index in [1.165, 1.54) is 29.2 Å². The van der Waals surface area contributed by atoms with E-state index in [1.807, 2.05) is 0 Å². The second kappa shape index (κ2) is 15.1. The summed E-state index contributed by atoms with van der Waals surface area (Å²) in [5.74, 6) is 0.678. The molecule has 1 aliphatic rings. The van der Waals surface area contributed by atoms with Crippen LogP contribution in [0.25, 0.3) is 0 Å². The van der Waals surface area contributed by atoms with E-state index < -0.39 is 0 Å². The predicted molar refractivity (Wildman–Crippen MR) is 161 cm³/mol. The average molecular weight is 529 g/mol. The molecule has 0 radical (unpaired) electrons. The molecule has 39 heavy (non-hydrogen) atoms. The van der Waals surface area contributed by atoms with E-state index in [0.29, 0.717) is 6.42 Å². The van der Waals surface area contributed by atoms with Gasteiger partial charge >= 0.3 is 0 Å². The number of carbonyl (C=O) groups is 3. The van der Waals surface area contributed by atoms with E-state index in [4.69, 9.17) is 0 Å². The molecule has 0 saturated carbocycles. The Balaban J connectivity index is 1.77. The molecule has 0 saturated heterocycles. The Morgan fingerprint density at radius 3 is 2.38 bits per heavy atom. The summed E-state index contributed by atoms with van der Waals surface area (Å²) in [6.07, 6.45) is 11.5. The minimum Gasteiger partial charge on any atom is -0.300 e. The monoisotopic (exact) mass is 528 g/mol. The summed E-state index contributed by atoms with van der Waals surface area (Å²) in [4.78, 5) is 38.0. The van der Waals surface area contributed by atoms with Crippen LogP contribution in [0.15, 0.2) is 54.1 Å². The van der Waals surface area contributed by atoms with Gasteiger partial charge in [0.15, 0.2) is 5.78 Å². The SMILES string of the molecule is CCCC(=CCc1ccccc1)Cc1ccc2c(c1C)C(=O)CC(CC(CCC)C(CC)C(=O)CC(C)=O)C2. The van der Waals surface area contributed by atoms with Crippen LogP contribution >= 0.6 is 0 Å². The molecule has 0 aliphatic heterocycles. The lowest BCUT2D eigenvalue weighted by Crippen LogP contribution is -2.30. The highest BCUT2D eigenvalue weighted by atomic mass is 16.1. The predicted octanol–water partition coefficient (Wildman–Crippen LogP) is 8.63. The topological polar surface area (TPSA) is 51.2 Å². The fraction of sp³-hybridized carbons (Fsp3) is 0.528. The maximum absolute atomic E-state index is 13.5. The van der Waals surface area contributed by atoms with Crippen molar-refractivity contribution < 1.29 is 14.4 Å². The Hall–Kier alpha value is -2.81. The van der Waals surface area contributed by atoms with Gasteiger partial charge in [0, 0.05) is 17.9 Å². The van der Waals surface area contributed by atoms with Gasteiger partial charge in [-0.1, -0.05) is 94.1 Å². The molecule has 0 spiro atoms. The van der Waals surface area contributed by atoms with Crippen molar-refractivity contribution in [3.05, 3.63) is 81.9 Å². The first kappa shape index (κ1) is 30.7. The molecular weight excluding hydrogens is 480 g/mol. The number of Topliss-reactive ketones (excluding diaryl/α,β-unsaturated/α-hetero) is 3. The van der Waals surface area contributed by atoms with Gasteiger partial charge < -0.3 is 0 Å². The van der Waals surface area contributed by atoms with E-state index in [9.17, 15) is 14.4 Å². The van der Waals surface area contributed by atoms with Gasteiger partial charge in [-0.15, -0.1) is 0 Å². The largest absolute Gasteiger partial charge is 0.300 e. The summed E-state index contributed by atoms with van der Waals surface area (Å²) in [5.41, 5.74) is 7.28. The number of benzene rings is 2. The van der Waals surface area contributed by atoms with Crippen LogP contribution in [-0.2, 0) is 28.9 Å². The third-order valence-corrected chi connectivity index (χ3v) is 8.52. The fourth-order valence-electron chi connectivity index (χ4n) is 6.66. The van der Waals surface area contributed by atoms with Crippen LogP contribution in [0.4, 0.5) is 0 Å². The lowest BCUT2D eigenvalue weighted by atomic mass is 9.71. The zero-order chi connectivity index (χ0) is 28.4. The molecule has 0 fully saturated rings. The van der Waals surface area contributed by atoms with Gasteiger partial charge in [-0.05, 0) is 86.5 Å². The quantitative estimate of drug-likeness (QED) is 0.172. The summed E-state index contributed by atoms with van der Waals surface area (Å²) in [5, 5.41) is 0. The van der Waals surface area contributed by atoms with Gasteiger partial charge in [0.05, 0.1) is 6.42 Å². The normalized spacial score (nSPS) is 17.0. The molecule has 0 aromatic heterocycles. The van der Waals surface area contributed by atoms with Crippen LogP contribution in [0.3, 0.4) is 0 Å². The van der Waals surface area contributed by atoms with Crippen LogP contribution < -0.4 is 0 Å². The van der Waals surface area contributed by atoms with Crippen LogP contribution in [-0.4, -0.2) is 17.3 Å². The Morgan fingerprint density at radius 2 is 1.74 bits per heavy atom. The molecule has 0 amide bonds. The Kier molecular flexibility index (Phi) is 11.9. The second-order valence-corrected chi connectivity index (χ2v) is 11.7. The summed E-state index contributed by atoms with van der Waals surface area (Å²) in [7, 11) is 0. The molecule has 210 valence electrons. The average Bonchev–Trinajstić information content (AvgIpc) is 2.89. The number of fused-ring (bicyclic) bond motifs is 1. The van der Waals surface area contributed by atoms with E-state index in [1.54, 1.807) is 0 Å². The van der Waals surface area contributed by atoms with Gasteiger partial charge in [-0.3, -0.25) is 14.4 Å². The summed E-state index contributed by atoms with van der Waals surface area (Å²) in [6.45, 7) is 10.1. The van der Waals surface area contributed by atoms with Crippen molar-refractivity contribution in [1.29, 1.82) is 0 Å². The van der Waals surface area contributed by atoms with Crippen molar-refractivity contribution in [1.82, 2.24) is 0 Å². The third kappa shape index (κ3) is 8.59. The molecule has 1 aliphatic carbocycles. The van der Waals surface area contributed by atoms with E-state index in [0.717, 1.165) is 68.9 Å². The van der Waals surface area contributed by atoms with E-state index in [-0.39, 0.29) is 41.5 Å². The van der Waals surface area contributed by atoms with Crippen LogP contribution in [0.2, 0.25) is 0 Å². The number of allylic oxidation sites excluding steroid dienone is 2. The molecule has 3 nitrogen and oxygen atoms in total. The first-order valence-corrected chi connectivity index (χ1v) is 15.2. The highest BCUT2D eigenvalue weighted by molar-refractivity contribution is 6.00.